The van der Waals surface area contributed by atoms with Gasteiger partial charge in [0.05, 0.1) is 11.1 Å². The molecule has 1 aromatic carbocycles. The van der Waals surface area contributed by atoms with Gasteiger partial charge in [0, 0.05) is 61.7 Å². The van der Waals surface area contributed by atoms with Crippen molar-refractivity contribution in [1.29, 1.82) is 0 Å². The van der Waals surface area contributed by atoms with Crippen LogP contribution in [0.25, 0.3) is 11.3 Å². The molecule has 0 saturated carbocycles. The molecule has 2 amide bonds. The molecule has 8 nitrogen and oxygen atoms in total. The Kier molecular flexibility index (Phi) is 8.16. The zero-order valence-electron chi connectivity index (χ0n) is 18.4. The van der Waals surface area contributed by atoms with Gasteiger partial charge >= 0.3 is 0 Å². The molecule has 0 spiro atoms. The maximum Gasteiger partial charge on any atom is 0.276 e. The van der Waals surface area contributed by atoms with Gasteiger partial charge in [0.2, 0.25) is 5.91 Å². The van der Waals surface area contributed by atoms with Gasteiger partial charge in [-0.1, -0.05) is 34.4 Å². The van der Waals surface area contributed by atoms with Gasteiger partial charge in [0.15, 0.2) is 11.5 Å². The minimum Gasteiger partial charge on any atom is -0.376 e. The molecule has 1 aliphatic heterocycles. The summed E-state index contributed by atoms with van der Waals surface area (Å²) in [5.41, 5.74) is 1.62. The van der Waals surface area contributed by atoms with E-state index in [4.69, 9.17) is 32.5 Å². The Morgan fingerprint density at radius 3 is 2.82 bits per heavy atom. The van der Waals surface area contributed by atoms with Crippen molar-refractivity contribution in [2.24, 2.45) is 0 Å². The van der Waals surface area contributed by atoms with Crippen LogP contribution in [-0.2, 0) is 16.1 Å². The summed E-state index contributed by atoms with van der Waals surface area (Å²) >= 11 is 12.2. The molecule has 3 aromatic rings. The standard InChI is InChI=1S/C24H24Cl2N4O4/c25-17-5-6-19(20(26)11-17)22-12-21(29-34-22)24(32)30(15-18-4-2-10-33-18)9-7-23(31)28-14-16-3-1-8-27-13-16/h1,3,5-6,8,11-13,18H,2,4,7,9-10,14-15H2,(H,28,31). The van der Waals surface area contributed by atoms with Gasteiger partial charge in [-0.05, 0) is 42.7 Å². The predicted molar refractivity (Wildman–Crippen MR) is 128 cm³/mol. The van der Waals surface area contributed by atoms with Crippen molar-refractivity contribution in [1.82, 2.24) is 20.4 Å². The highest BCUT2D eigenvalue weighted by Crippen LogP contribution is 2.31. The average Bonchev–Trinajstić information content (AvgIpc) is 3.53. The van der Waals surface area contributed by atoms with Crippen molar-refractivity contribution >= 4 is 35.0 Å². The number of pyridine rings is 1. The van der Waals surface area contributed by atoms with Gasteiger partial charge in [0.25, 0.3) is 5.91 Å². The summed E-state index contributed by atoms with van der Waals surface area (Å²) in [6, 6.07) is 10.2. The van der Waals surface area contributed by atoms with Gasteiger partial charge in [0.1, 0.15) is 0 Å². The highest BCUT2D eigenvalue weighted by atomic mass is 35.5. The number of benzene rings is 1. The second-order valence-electron chi connectivity index (χ2n) is 7.97. The number of carbonyl (C=O) groups is 2. The fraction of sp³-hybridized carbons (Fsp3) is 0.333. The summed E-state index contributed by atoms with van der Waals surface area (Å²) in [5, 5.41) is 7.69. The molecule has 10 heteroatoms. The lowest BCUT2D eigenvalue weighted by molar-refractivity contribution is -0.121. The fourth-order valence-electron chi connectivity index (χ4n) is 3.69. The Balaban J connectivity index is 1.42. The quantitative estimate of drug-likeness (QED) is 0.466. The van der Waals surface area contributed by atoms with Crippen LogP contribution >= 0.6 is 23.2 Å². The molecule has 1 N–H and O–H groups in total. The van der Waals surface area contributed by atoms with E-state index in [-0.39, 0.29) is 36.6 Å². The van der Waals surface area contributed by atoms with Crippen molar-refractivity contribution in [3.63, 3.8) is 0 Å². The van der Waals surface area contributed by atoms with Crippen molar-refractivity contribution in [3.8, 4) is 11.3 Å². The maximum atomic E-state index is 13.3. The van der Waals surface area contributed by atoms with Crippen LogP contribution in [0.4, 0.5) is 0 Å². The second kappa shape index (κ2) is 11.5. The minimum absolute atomic E-state index is 0.0699. The van der Waals surface area contributed by atoms with Crippen molar-refractivity contribution < 1.29 is 18.8 Å². The van der Waals surface area contributed by atoms with Crippen LogP contribution in [0.15, 0.2) is 53.3 Å². The highest BCUT2D eigenvalue weighted by Gasteiger charge is 2.26. The Hall–Kier alpha value is -2.94. The van der Waals surface area contributed by atoms with Crippen LogP contribution < -0.4 is 5.32 Å². The van der Waals surface area contributed by atoms with Crippen molar-refractivity contribution in [2.75, 3.05) is 19.7 Å². The largest absolute Gasteiger partial charge is 0.376 e. The van der Waals surface area contributed by atoms with E-state index in [1.165, 1.54) is 0 Å². The first-order valence-corrected chi connectivity index (χ1v) is 11.7. The Morgan fingerprint density at radius 1 is 1.21 bits per heavy atom. The van der Waals surface area contributed by atoms with E-state index in [1.807, 2.05) is 12.1 Å². The van der Waals surface area contributed by atoms with E-state index in [0.29, 0.717) is 41.1 Å². The van der Waals surface area contributed by atoms with E-state index in [0.717, 1.165) is 18.4 Å². The third-order valence-electron chi connectivity index (χ3n) is 5.48. The van der Waals surface area contributed by atoms with Crippen LogP contribution in [0.2, 0.25) is 10.0 Å². The molecule has 1 atom stereocenters. The summed E-state index contributed by atoms with van der Waals surface area (Å²) in [4.78, 5) is 31.3. The smallest absolute Gasteiger partial charge is 0.276 e. The molecule has 1 unspecified atom stereocenters. The number of amides is 2. The predicted octanol–water partition coefficient (Wildman–Crippen LogP) is 4.37. The maximum absolute atomic E-state index is 13.3. The van der Waals surface area contributed by atoms with Crippen molar-refractivity contribution in [3.05, 3.63) is 70.1 Å². The summed E-state index contributed by atoms with van der Waals surface area (Å²) in [6.45, 7) is 1.64. The SMILES string of the molecule is O=C(CCN(CC1CCCO1)C(=O)c1cc(-c2ccc(Cl)cc2Cl)on1)NCc1cccnc1. The molecule has 3 heterocycles. The molecule has 1 saturated heterocycles. The normalized spacial score (nSPS) is 15.3. The molecule has 0 radical (unpaired) electrons. The number of nitrogens with one attached hydrogen (secondary N) is 1. The van der Waals surface area contributed by atoms with E-state index in [1.54, 1.807) is 41.6 Å². The Bertz CT molecular complexity index is 1130. The van der Waals surface area contributed by atoms with Gasteiger partial charge in [-0.15, -0.1) is 0 Å². The number of nitrogens with zero attached hydrogens (tertiary/aromatic N) is 3. The average molecular weight is 503 g/mol. The Morgan fingerprint density at radius 2 is 2.09 bits per heavy atom. The number of hydrogen-bond donors (Lipinski definition) is 1. The topological polar surface area (TPSA) is 97.6 Å². The number of carbonyl (C=O) groups excluding carboxylic acids is 2. The molecule has 0 aliphatic carbocycles. The monoisotopic (exact) mass is 502 g/mol. The second-order valence-corrected chi connectivity index (χ2v) is 8.82. The minimum atomic E-state index is -0.337. The molecule has 4 rings (SSSR count). The van der Waals surface area contributed by atoms with Gasteiger partial charge in [-0.3, -0.25) is 14.6 Å². The van der Waals surface area contributed by atoms with Crippen LogP contribution in [0.1, 0.15) is 35.3 Å². The zero-order valence-corrected chi connectivity index (χ0v) is 19.9. The van der Waals surface area contributed by atoms with Crippen LogP contribution in [0, 0.1) is 0 Å². The van der Waals surface area contributed by atoms with Crippen molar-refractivity contribution in [2.45, 2.75) is 31.9 Å². The fourth-order valence-corrected chi connectivity index (χ4v) is 4.19. The number of hydrogen-bond acceptors (Lipinski definition) is 6. The lowest BCUT2D eigenvalue weighted by Gasteiger charge is -2.24. The summed E-state index contributed by atoms with van der Waals surface area (Å²) < 4.78 is 11.1. The first-order chi connectivity index (χ1) is 16.5. The molecule has 1 aliphatic rings. The van der Waals surface area contributed by atoms with Crippen LogP contribution in [0.3, 0.4) is 0 Å². The number of halogens is 2. The number of ether oxygens (including phenoxy) is 1. The van der Waals surface area contributed by atoms with E-state index < -0.39 is 0 Å². The zero-order chi connectivity index (χ0) is 23.9. The highest BCUT2D eigenvalue weighted by molar-refractivity contribution is 6.36. The molecular weight excluding hydrogens is 479 g/mol. The summed E-state index contributed by atoms with van der Waals surface area (Å²) in [6.07, 6.45) is 5.26. The van der Waals surface area contributed by atoms with Gasteiger partial charge < -0.3 is 19.5 Å². The van der Waals surface area contributed by atoms with Crippen LogP contribution in [0.5, 0.6) is 0 Å². The van der Waals surface area contributed by atoms with Gasteiger partial charge in [-0.2, -0.15) is 0 Å². The summed E-state index contributed by atoms with van der Waals surface area (Å²) in [5.74, 6) is -0.144. The molecular formula is C24H24Cl2N4O4. The summed E-state index contributed by atoms with van der Waals surface area (Å²) in [7, 11) is 0. The molecule has 0 bridgehead atoms. The number of aromatic nitrogens is 2. The van der Waals surface area contributed by atoms with Gasteiger partial charge in [-0.25, -0.2) is 0 Å². The first-order valence-electron chi connectivity index (χ1n) is 11.0. The number of rotatable bonds is 9. The lowest BCUT2D eigenvalue weighted by atomic mass is 10.1. The third kappa shape index (κ3) is 6.34. The first kappa shape index (κ1) is 24.2. The van der Waals surface area contributed by atoms with E-state index in [2.05, 4.69) is 15.5 Å². The lowest BCUT2D eigenvalue weighted by Crippen LogP contribution is -2.40. The molecule has 1 fully saturated rings. The third-order valence-corrected chi connectivity index (χ3v) is 6.03. The van der Waals surface area contributed by atoms with E-state index >= 15 is 0 Å². The molecule has 34 heavy (non-hydrogen) atoms. The molecule has 2 aromatic heterocycles. The molecule has 178 valence electrons. The Labute approximate surface area is 207 Å². The van der Waals surface area contributed by atoms with Crippen LogP contribution in [-0.4, -0.2) is 52.7 Å². The van der Waals surface area contributed by atoms with E-state index in [9.17, 15) is 9.59 Å².